The molecule has 2 aromatic carbocycles. The third-order valence-corrected chi connectivity index (χ3v) is 3.43. The molecule has 1 N–H and O–H groups in total. The molecule has 0 amide bonds. The first-order valence-electron chi connectivity index (χ1n) is 6.40. The van der Waals surface area contributed by atoms with Crippen LogP contribution in [0.15, 0.2) is 60.2 Å². The largest absolute Gasteiger partial charge is 0.478 e. The zero-order valence-electron chi connectivity index (χ0n) is 11.4. The van der Waals surface area contributed by atoms with Gasteiger partial charge in [-0.3, -0.25) is 0 Å². The summed E-state index contributed by atoms with van der Waals surface area (Å²) < 4.78 is 13.1. The summed E-state index contributed by atoms with van der Waals surface area (Å²) >= 11 is 6.00. The van der Waals surface area contributed by atoms with E-state index in [0.717, 1.165) is 11.1 Å². The van der Waals surface area contributed by atoms with Crippen LogP contribution in [0, 0.1) is 5.82 Å². The fourth-order valence-electron chi connectivity index (χ4n) is 2.08. The number of benzene rings is 2. The lowest BCUT2D eigenvalue weighted by Crippen LogP contribution is -2.03. The predicted octanol–water partition coefficient (Wildman–Crippen LogP) is 4.64. The van der Waals surface area contributed by atoms with Crippen LogP contribution in [0.25, 0.3) is 0 Å². The lowest BCUT2D eigenvalue weighted by molar-refractivity contribution is -0.132. The Morgan fingerprint density at radius 1 is 1.19 bits per heavy atom. The van der Waals surface area contributed by atoms with E-state index >= 15 is 0 Å². The summed E-state index contributed by atoms with van der Waals surface area (Å²) in [6.07, 6.45) is 1.64. The molecule has 0 aliphatic heterocycles. The first kappa shape index (κ1) is 15.3. The zero-order valence-corrected chi connectivity index (χ0v) is 12.1. The van der Waals surface area contributed by atoms with Gasteiger partial charge < -0.3 is 5.11 Å². The number of halogens is 2. The Bertz CT molecular complexity index is 677. The zero-order chi connectivity index (χ0) is 15.4. The Morgan fingerprint density at radius 2 is 1.86 bits per heavy atom. The van der Waals surface area contributed by atoms with E-state index in [9.17, 15) is 9.18 Å². The topological polar surface area (TPSA) is 37.3 Å². The highest BCUT2D eigenvalue weighted by atomic mass is 35.5. The maximum Gasteiger partial charge on any atom is 0.330 e. The SMILES string of the molecule is C/C(=C\C(c1ccc(F)cc1)c1cccc(Cl)c1)C(=O)O. The van der Waals surface area contributed by atoms with Crippen molar-refractivity contribution < 1.29 is 14.3 Å². The van der Waals surface area contributed by atoms with Crippen molar-refractivity contribution in [1.29, 1.82) is 0 Å². The lowest BCUT2D eigenvalue weighted by atomic mass is 9.89. The molecule has 0 fully saturated rings. The number of allylic oxidation sites excluding steroid dienone is 1. The van der Waals surface area contributed by atoms with Gasteiger partial charge in [-0.1, -0.05) is 41.9 Å². The number of hydrogen-bond acceptors (Lipinski definition) is 1. The van der Waals surface area contributed by atoms with Crippen molar-refractivity contribution >= 4 is 17.6 Å². The monoisotopic (exact) mass is 304 g/mol. The average Bonchev–Trinajstić information content (AvgIpc) is 2.45. The highest BCUT2D eigenvalue weighted by molar-refractivity contribution is 6.30. The Hall–Kier alpha value is -2.13. The van der Waals surface area contributed by atoms with Crippen molar-refractivity contribution in [1.82, 2.24) is 0 Å². The third-order valence-electron chi connectivity index (χ3n) is 3.19. The van der Waals surface area contributed by atoms with E-state index in [1.54, 1.807) is 36.4 Å². The fourth-order valence-corrected chi connectivity index (χ4v) is 2.28. The van der Waals surface area contributed by atoms with Gasteiger partial charge in [0.15, 0.2) is 0 Å². The van der Waals surface area contributed by atoms with E-state index < -0.39 is 5.97 Å². The molecule has 0 radical (unpaired) electrons. The summed E-state index contributed by atoms with van der Waals surface area (Å²) in [4.78, 5) is 11.1. The molecule has 1 atom stereocenters. The lowest BCUT2D eigenvalue weighted by Gasteiger charge is -2.15. The molecule has 21 heavy (non-hydrogen) atoms. The number of carbonyl (C=O) groups is 1. The van der Waals surface area contributed by atoms with Gasteiger partial charge in [0, 0.05) is 16.5 Å². The van der Waals surface area contributed by atoms with E-state index in [1.807, 2.05) is 6.07 Å². The van der Waals surface area contributed by atoms with Crippen LogP contribution in [-0.2, 0) is 4.79 Å². The second-order valence-corrected chi connectivity index (χ2v) is 5.18. The average molecular weight is 305 g/mol. The van der Waals surface area contributed by atoms with Crippen LogP contribution in [-0.4, -0.2) is 11.1 Å². The summed E-state index contributed by atoms with van der Waals surface area (Å²) in [5.41, 5.74) is 1.89. The molecule has 0 bridgehead atoms. The molecule has 2 nitrogen and oxygen atoms in total. The van der Waals surface area contributed by atoms with Gasteiger partial charge in [0.1, 0.15) is 5.82 Å². The van der Waals surface area contributed by atoms with Crippen molar-refractivity contribution in [3.05, 3.63) is 82.1 Å². The summed E-state index contributed by atoms with van der Waals surface area (Å²) in [6, 6.07) is 13.2. The maximum absolute atomic E-state index is 13.1. The summed E-state index contributed by atoms with van der Waals surface area (Å²) in [7, 11) is 0. The van der Waals surface area contributed by atoms with Gasteiger partial charge in [-0.05, 0) is 42.3 Å². The highest BCUT2D eigenvalue weighted by Gasteiger charge is 2.14. The Balaban J connectivity index is 2.51. The molecule has 1 unspecified atom stereocenters. The van der Waals surface area contributed by atoms with Gasteiger partial charge in [-0.25, -0.2) is 9.18 Å². The van der Waals surface area contributed by atoms with Crippen LogP contribution in [0.1, 0.15) is 24.0 Å². The normalized spacial score (nSPS) is 13.0. The van der Waals surface area contributed by atoms with Crippen molar-refractivity contribution in [3.8, 4) is 0 Å². The molecular weight excluding hydrogens is 291 g/mol. The van der Waals surface area contributed by atoms with Gasteiger partial charge in [0.2, 0.25) is 0 Å². The molecule has 0 spiro atoms. The van der Waals surface area contributed by atoms with Crippen molar-refractivity contribution in [2.45, 2.75) is 12.8 Å². The van der Waals surface area contributed by atoms with Gasteiger partial charge in [0.25, 0.3) is 0 Å². The number of aliphatic carboxylic acids is 1. The van der Waals surface area contributed by atoms with Crippen LogP contribution in [0.5, 0.6) is 0 Å². The van der Waals surface area contributed by atoms with Gasteiger partial charge in [-0.15, -0.1) is 0 Å². The van der Waals surface area contributed by atoms with E-state index in [-0.39, 0.29) is 17.3 Å². The molecular formula is C17H14ClFO2. The summed E-state index contributed by atoms with van der Waals surface area (Å²) in [5, 5.41) is 9.64. The predicted molar refractivity (Wildman–Crippen MR) is 81.1 cm³/mol. The summed E-state index contributed by atoms with van der Waals surface area (Å²) in [6.45, 7) is 1.53. The van der Waals surface area contributed by atoms with E-state index in [4.69, 9.17) is 16.7 Å². The molecule has 2 aromatic rings. The first-order valence-corrected chi connectivity index (χ1v) is 6.78. The standard InChI is InChI=1S/C17H14ClFO2/c1-11(17(20)21)9-16(12-5-7-15(19)8-6-12)13-3-2-4-14(18)10-13/h2-10,16H,1H3,(H,20,21)/b11-9+. The Kier molecular flexibility index (Phi) is 4.76. The van der Waals surface area contributed by atoms with Gasteiger partial charge >= 0.3 is 5.97 Å². The van der Waals surface area contributed by atoms with Crippen LogP contribution in [0.4, 0.5) is 4.39 Å². The van der Waals surface area contributed by atoms with Crippen LogP contribution < -0.4 is 0 Å². The van der Waals surface area contributed by atoms with Crippen molar-refractivity contribution in [3.63, 3.8) is 0 Å². The molecule has 0 saturated heterocycles. The molecule has 0 heterocycles. The highest BCUT2D eigenvalue weighted by Crippen LogP contribution is 2.29. The Labute approximate surface area is 127 Å². The van der Waals surface area contributed by atoms with E-state index in [1.165, 1.54) is 19.1 Å². The number of rotatable bonds is 4. The number of carboxylic acid groups (broad SMARTS) is 1. The van der Waals surface area contributed by atoms with Crippen molar-refractivity contribution in [2.24, 2.45) is 0 Å². The quantitative estimate of drug-likeness (QED) is 0.835. The molecule has 4 heteroatoms. The minimum absolute atomic E-state index is 0.226. The molecule has 0 aromatic heterocycles. The van der Waals surface area contributed by atoms with Crippen LogP contribution in [0.3, 0.4) is 0 Å². The molecule has 2 rings (SSSR count). The number of carboxylic acids is 1. The number of hydrogen-bond donors (Lipinski definition) is 1. The van der Waals surface area contributed by atoms with Gasteiger partial charge in [-0.2, -0.15) is 0 Å². The van der Waals surface area contributed by atoms with E-state index in [2.05, 4.69) is 0 Å². The molecule has 108 valence electrons. The van der Waals surface area contributed by atoms with Crippen LogP contribution >= 0.6 is 11.6 Å². The minimum atomic E-state index is -0.982. The molecule has 0 aliphatic rings. The first-order chi connectivity index (χ1) is 9.97. The van der Waals surface area contributed by atoms with Crippen LogP contribution in [0.2, 0.25) is 5.02 Å². The fraction of sp³-hybridized carbons (Fsp3) is 0.118. The third kappa shape index (κ3) is 3.92. The van der Waals surface area contributed by atoms with Gasteiger partial charge in [0.05, 0.1) is 0 Å². The second-order valence-electron chi connectivity index (χ2n) is 4.74. The molecule has 0 aliphatic carbocycles. The van der Waals surface area contributed by atoms with E-state index in [0.29, 0.717) is 5.02 Å². The molecule has 0 saturated carbocycles. The minimum Gasteiger partial charge on any atom is -0.478 e. The maximum atomic E-state index is 13.1. The van der Waals surface area contributed by atoms with Crippen molar-refractivity contribution in [2.75, 3.05) is 0 Å². The Morgan fingerprint density at radius 3 is 2.43 bits per heavy atom. The second kappa shape index (κ2) is 6.55. The summed E-state index contributed by atoms with van der Waals surface area (Å²) in [5.74, 6) is -1.60. The smallest absolute Gasteiger partial charge is 0.330 e.